The predicted molar refractivity (Wildman–Crippen MR) is 104 cm³/mol. The number of carboxylic acids is 1. The summed E-state index contributed by atoms with van der Waals surface area (Å²) in [7, 11) is 0. The lowest BCUT2D eigenvalue weighted by atomic mass is 10.2. The number of aliphatic carboxylic acids is 1. The SMILES string of the molecule is O=C(O)CCCN1C(=O)/C(=C/c2ccc(Br)cc2)N=C1c1ccccc1. The zero-order valence-electron chi connectivity index (χ0n) is 13.9. The van der Waals surface area contributed by atoms with Crippen LogP contribution in [0.3, 0.4) is 0 Å². The van der Waals surface area contributed by atoms with Crippen LogP contribution in [-0.4, -0.2) is 34.3 Å². The molecule has 0 atom stereocenters. The summed E-state index contributed by atoms with van der Waals surface area (Å²) >= 11 is 3.39. The largest absolute Gasteiger partial charge is 0.481 e. The first-order chi connectivity index (χ1) is 12.5. The first kappa shape index (κ1) is 18.1. The summed E-state index contributed by atoms with van der Waals surface area (Å²) in [6, 6.07) is 17.0. The van der Waals surface area contributed by atoms with Crippen LogP contribution in [0.5, 0.6) is 0 Å². The summed E-state index contributed by atoms with van der Waals surface area (Å²) in [4.78, 5) is 29.7. The number of carbonyl (C=O) groups is 2. The van der Waals surface area contributed by atoms with Gasteiger partial charge in [0.2, 0.25) is 0 Å². The molecule has 1 aliphatic heterocycles. The molecule has 0 fully saturated rings. The van der Waals surface area contributed by atoms with Gasteiger partial charge in [0.1, 0.15) is 11.5 Å². The van der Waals surface area contributed by atoms with Gasteiger partial charge in [-0.2, -0.15) is 0 Å². The zero-order chi connectivity index (χ0) is 18.5. The van der Waals surface area contributed by atoms with Crippen LogP contribution in [-0.2, 0) is 9.59 Å². The predicted octanol–water partition coefficient (Wildman–Crippen LogP) is 3.94. The Morgan fingerprint density at radius 3 is 2.46 bits per heavy atom. The van der Waals surface area contributed by atoms with Gasteiger partial charge in [-0.3, -0.25) is 14.5 Å². The molecule has 0 saturated carbocycles. The number of amidine groups is 1. The highest BCUT2D eigenvalue weighted by atomic mass is 79.9. The third kappa shape index (κ3) is 4.26. The summed E-state index contributed by atoms with van der Waals surface area (Å²) in [5.41, 5.74) is 2.05. The average molecular weight is 413 g/mol. The number of carboxylic acid groups (broad SMARTS) is 1. The van der Waals surface area contributed by atoms with Gasteiger partial charge in [0.15, 0.2) is 0 Å². The molecule has 0 aliphatic carbocycles. The van der Waals surface area contributed by atoms with Crippen molar-refractivity contribution in [2.24, 2.45) is 4.99 Å². The van der Waals surface area contributed by atoms with Crippen LogP contribution < -0.4 is 0 Å². The highest BCUT2D eigenvalue weighted by Crippen LogP contribution is 2.23. The number of aliphatic imine (C=N–C) groups is 1. The molecule has 0 saturated heterocycles. The lowest BCUT2D eigenvalue weighted by Crippen LogP contribution is -2.33. The van der Waals surface area contributed by atoms with Crippen molar-refractivity contribution < 1.29 is 14.7 Å². The van der Waals surface area contributed by atoms with Gasteiger partial charge < -0.3 is 5.11 Å². The van der Waals surface area contributed by atoms with Gasteiger partial charge in [0.05, 0.1) is 0 Å². The van der Waals surface area contributed by atoms with Gasteiger partial charge in [0, 0.05) is 23.0 Å². The Morgan fingerprint density at radius 1 is 1.12 bits per heavy atom. The van der Waals surface area contributed by atoms with Crippen molar-refractivity contribution in [3.63, 3.8) is 0 Å². The maximum absolute atomic E-state index is 12.8. The van der Waals surface area contributed by atoms with Crippen LogP contribution in [0, 0.1) is 0 Å². The fourth-order valence-corrected chi connectivity index (χ4v) is 2.94. The molecular weight excluding hydrogens is 396 g/mol. The Labute approximate surface area is 159 Å². The van der Waals surface area contributed by atoms with E-state index in [0.717, 1.165) is 15.6 Å². The van der Waals surface area contributed by atoms with Gasteiger partial charge >= 0.3 is 5.97 Å². The molecule has 2 aromatic rings. The van der Waals surface area contributed by atoms with Crippen LogP contribution in [0.1, 0.15) is 24.0 Å². The second-order valence-corrected chi connectivity index (χ2v) is 6.75. The van der Waals surface area contributed by atoms with Crippen molar-refractivity contribution in [2.75, 3.05) is 6.54 Å². The number of amides is 1. The molecule has 6 heteroatoms. The number of carbonyl (C=O) groups excluding carboxylic acids is 1. The van der Waals surface area contributed by atoms with Gasteiger partial charge in [-0.25, -0.2) is 4.99 Å². The van der Waals surface area contributed by atoms with Crippen molar-refractivity contribution in [2.45, 2.75) is 12.8 Å². The molecule has 1 N–H and O–H groups in total. The van der Waals surface area contributed by atoms with Crippen molar-refractivity contribution in [1.82, 2.24) is 4.90 Å². The fraction of sp³-hybridized carbons (Fsp3) is 0.150. The van der Waals surface area contributed by atoms with Crippen LogP contribution in [0.2, 0.25) is 0 Å². The Bertz CT molecular complexity index is 874. The third-order valence-electron chi connectivity index (χ3n) is 3.92. The molecule has 0 bridgehead atoms. The van der Waals surface area contributed by atoms with E-state index < -0.39 is 5.97 Å². The molecule has 0 aromatic heterocycles. The molecule has 0 unspecified atom stereocenters. The minimum absolute atomic E-state index is 0.0115. The molecule has 2 aromatic carbocycles. The number of hydrogen-bond acceptors (Lipinski definition) is 3. The Morgan fingerprint density at radius 2 is 1.81 bits per heavy atom. The van der Waals surface area contributed by atoms with Crippen molar-refractivity contribution in [1.29, 1.82) is 0 Å². The van der Waals surface area contributed by atoms with Crippen LogP contribution in [0.15, 0.2) is 69.8 Å². The van der Waals surface area contributed by atoms with E-state index in [1.54, 1.807) is 11.0 Å². The van der Waals surface area contributed by atoms with Gasteiger partial charge in [-0.15, -0.1) is 0 Å². The van der Waals surface area contributed by atoms with E-state index in [1.807, 2.05) is 54.6 Å². The maximum Gasteiger partial charge on any atom is 0.303 e. The van der Waals surface area contributed by atoms with E-state index in [4.69, 9.17) is 5.11 Å². The van der Waals surface area contributed by atoms with E-state index in [1.165, 1.54) is 0 Å². The molecule has 26 heavy (non-hydrogen) atoms. The maximum atomic E-state index is 12.8. The van der Waals surface area contributed by atoms with Crippen LogP contribution >= 0.6 is 15.9 Å². The van der Waals surface area contributed by atoms with E-state index in [-0.39, 0.29) is 12.3 Å². The monoisotopic (exact) mass is 412 g/mol. The summed E-state index contributed by atoms with van der Waals surface area (Å²) < 4.78 is 0.959. The minimum atomic E-state index is -0.875. The van der Waals surface area contributed by atoms with E-state index >= 15 is 0 Å². The molecule has 1 heterocycles. The smallest absolute Gasteiger partial charge is 0.303 e. The molecule has 3 rings (SSSR count). The van der Waals surface area contributed by atoms with Gasteiger partial charge in [-0.05, 0) is 30.2 Å². The zero-order valence-corrected chi connectivity index (χ0v) is 15.5. The van der Waals surface area contributed by atoms with Crippen molar-refractivity contribution >= 4 is 39.7 Å². The van der Waals surface area contributed by atoms with Gasteiger partial charge in [0.25, 0.3) is 5.91 Å². The number of halogens is 1. The van der Waals surface area contributed by atoms with Gasteiger partial charge in [-0.1, -0.05) is 58.4 Å². The summed E-state index contributed by atoms with van der Waals surface area (Å²) in [6.45, 7) is 0.316. The number of benzene rings is 2. The van der Waals surface area contributed by atoms with Crippen LogP contribution in [0.25, 0.3) is 6.08 Å². The quantitative estimate of drug-likeness (QED) is 0.730. The summed E-state index contributed by atoms with van der Waals surface area (Å²) in [5, 5.41) is 8.86. The van der Waals surface area contributed by atoms with Crippen LogP contribution in [0.4, 0.5) is 0 Å². The molecule has 1 aliphatic rings. The highest BCUT2D eigenvalue weighted by molar-refractivity contribution is 9.10. The lowest BCUT2D eigenvalue weighted by molar-refractivity contribution is -0.137. The van der Waals surface area contributed by atoms with E-state index in [2.05, 4.69) is 20.9 Å². The molecule has 1 amide bonds. The second-order valence-electron chi connectivity index (χ2n) is 5.84. The number of nitrogens with zero attached hydrogens (tertiary/aromatic N) is 2. The molecule has 5 nitrogen and oxygen atoms in total. The first-order valence-electron chi connectivity index (χ1n) is 8.19. The topological polar surface area (TPSA) is 70.0 Å². The third-order valence-corrected chi connectivity index (χ3v) is 4.45. The van der Waals surface area contributed by atoms with Crippen molar-refractivity contribution in [3.05, 3.63) is 75.9 Å². The van der Waals surface area contributed by atoms with E-state index in [0.29, 0.717) is 24.5 Å². The minimum Gasteiger partial charge on any atom is -0.481 e. The second kappa shape index (κ2) is 8.10. The Balaban J connectivity index is 1.91. The molecule has 0 radical (unpaired) electrons. The average Bonchev–Trinajstić information content (AvgIpc) is 2.94. The molecule has 132 valence electrons. The Hall–Kier alpha value is -2.73. The summed E-state index contributed by atoms with van der Waals surface area (Å²) in [6.07, 6.45) is 2.13. The highest BCUT2D eigenvalue weighted by Gasteiger charge is 2.30. The Kier molecular flexibility index (Phi) is 5.63. The number of rotatable bonds is 6. The standard InChI is InChI=1S/C20H17BrN2O3/c21-16-10-8-14(9-11-16)13-17-20(26)23(12-4-7-18(24)25)19(22-17)15-5-2-1-3-6-15/h1-3,5-6,8-11,13H,4,7,12H2,(H,24,25)/b17-13-. The number of hydrogen-bond donors (Lipinski definition) is 1. The molecular formula is C20H17BrN2O3. The fourth-order valence-electron chi connectivity index (χ4n) is 2.67. The van der Waals surface area contributed by atoms with E-state index in [9.17, 15) is 9.59 Å². The first-order valence-corrected chi connectivity index (χ1v) is 8.99. The molecule has 0 spiro atoms. The summed E-state index contributed by atoms with van der Waals surface area (Å²) in [5.74, 6) is -0.526. The lowest BCUT2D eigenvalue weighted by Gasteiger charge is -2.17. The normalized spacial score (nSPS) is 15.4. The van der Waals surface area contributed by atoms with Crippen molar-refractivity contribution in [3.8, 4) is 0 Å².